The van der Waals surface area contributed by atoms with Crippen LogP contribution in [0.5, 0.6) is 0 Å². The molecule has 3 aliphatic rings. The lowest BCUT2D eigenvalue weighted by molar-refractivity contribution is -0.138. The van der Waals surface area contributed by atoms with E-state index in [1.807, 2.05) is 31.1 Å². The first kappa shape index (κ1) is 39.3. The molecule has 12 nitrogen and oxygen atoms in total. The fourth-order valence-electron chi connectivity index (χ4n) is 9.16. The Bertz CT molecular complexity index is 1940. The van der Waals surface area contributed by atoms with Gasteiger partial charge in [0.1, 0.15) is 17.7 Å². The Morgan fingerprint density at radius 2 is 1.23 bits per heavy atom. The van der Waals surface area contributed by atoms with E-state index in [0.29, 0.717) is 18.5 Å². The van der Waals surface area contributed by atoms with Crippen molar-refractivity contribution in [2.24, 2.45) is 11.8 Å². The summed E-state index contributed by atoms with van der Waals surface area (Å²) in [6.45, 7) is 11.9. The number of aromatic nitrogens is 4. The smallest absolute Gasteiger partial charge is 0.407 e. The van der Waals surface area contributed by atoms with Crippen LogP contribution in [0, 0.1) is 11.8 Å². The van der Waals surface area contributed by atoms with E-state index in [2.05, 4.69) is 87.5 Å². The van der Waals surface area contributed by atoms with Gasteiger partial charge in [0.2, 0.25) is 11.8 Å². The number of ether oxygens (including phenoxy) is 1. The highest BCUT2D eigenvalue weighted by molar-refractivity contribution is 5.86. The number of nitrogens with one attached hydrogen (secondary N) is 3. The van der Waals surface area contributed by atoms with Crippen molar-refractivity contribution in [1.29, 1.82) is 0 Å². The predicted octanol–water partition coefficient (Wildman–Crippen LogP) is 7.74. The number of aromatic amines is 2. The van der Waals surface area contributed by atoms with Gasteiger partial charge in [-0.15, -0.1) is 0 Å². The number of hydrogen-bond acceptors (Lipinski definition) is 7. The topological polar surface area (TPSA) is 140 Å². The number of carbonyl (C=O) groups excluding carboxylic acids is 3. The largest absolute Gasteiger partial charge is 0.453 e. The van der Waals surface area contributed by atoms with Crippen molar-refractivity contribution >= 4 is 17.9 Å². The van der Waals surface area contributed by atoms with Crippen LogP contribution in [0.3, 0.4) is 0 Å². The van der Waals surface area contributed by atoms with Gasteiger partial charge in [-0.2, -0.15) is 0 Å². The normalized spacial score (nSPS) is 21.8. The van der Waals surface area contributed by atoms with E-state index in [1.54, 1.807) is 0 Å². The molecule has 298 valence electrons. The van der Waals surface area contributed by atoms with Crippen molar-refractivity contribution in [2.75, 3.05) is 33.3 Å². The van der Waals surface area contributed by atoms with Crippen molar-refractivity contribution in [3.8, 4) is 33.6 Å². The molecule has 0 radical (unpaired) electrons. The molecule has 4 aromatic rings. The molecule has 4 heterocycles. The summed E-state index contributed by atoms with van der Waals surface area (Å²) in [5, 5.41) is 2.71. The molecule has 3 atom stereocenters. The molecule has 2 saturated heterocycles. The average Bonchev–Trinajstić information content (AvgIpc) is 4.07. The average molecular weight is 763 g/mol. The number of methoxy groups -OCH3 is 1. The lowest BCUT2D eigenvalue weighted by Crippen LogP contribution is -2.51. The standard InChI is InChI=1S/C44H58N8O4/c1-6-50(7-2)34-22-20-33(21-23-34)42(53)51-24-8-10-37(51)40-45-26-35(47-40)31-16-12-29(13-17-31)30-14-18-32(19-15-30)36-27-46-41(48-36)38-11-9-25-52(38)43(54)39(28(3)4)49-44(55)56-5/h12-19,26-28,33-34,37-39H,6-11,20-25H2,1-5H3,(H,45,47)(H,46,48)(H,49,55)/t33-,34+,37-,38?,39-/m0/s1. The predicted molar refractivity (Wildman–Crippen MR) is 217 cm³/mol. The Hall–Kier alpha value is -4.97. The number of H-pyrrole nitrogens is 2. The highest BCUT2D eigenvalue weighted by Gasteiger charge is 2.39. The molecule has 1 saturated carbocycles. The van der Waals surface area contributed by atoms with Crippen LogP contribution in [0.4, 0.5) is 4.79 Å². The van der Waals surface area contributed by atoms with Crippen molar-refractivity contribution < 1.29 is 19.1 Å². The molecular weight excluding hydrogens is 705 g/mol. The Balaban J connectivity index is 0.970. The van der Waals surface area contributed by atoms with E-state index in [9.17, 15) is 14.4 Å². The quantitative estimate of drug-likeness (QED) is 0.134. The minimum atomic E-state index is -0.673. The SMILES string of the molecule is CCN(CC)[C@H]1CC[C@@H](C(=O)N2CCC[C@H]2c2ncc(-c3ccc(-c4ccc(-c5cnc(C6CCCN6C(=O)[C@@H](NC(=O)OC)C(C)C)[nH]5)cc4)cc3)[nH]2)CC1. The summed E-state index contributed by atoms with van der Waals surface area (Å²) < 4.78 is 4.77. The van der Waals surface area contributed by atoms with Crippen LogP contribution in [0.2, 0.25) is 0 Å². The summed E-state index contributed by atoms with van der Waals surface area (Å²) in [7, 11) is 1.30. The van der Waals surface area contributed by atoms with Gasteiger partial charge in [0.25, 0.3) is 0 Å². The monoisotopic (exact) mass is 762 g/mol. The molecule has 0 spiro atoms. The number of rotatable bonds is 12. The van der Waals surface area contributed by atoms with E-state index >= 15 is 0 Å². The summed E-state index contributed by atoms with van der Waals surface area (Å²) in [5.74, 6) is 1.84. The maximum absolute atomic E-state index is 13.8. The minimum absolute atomic E-state index is 0.00709. The van der Waals surface area contributed by atoms with Gasteiger partial charge >= 0.3 is 6.09 Å². The number of hydrogen-bond donors (Lipinski definition) is 3. The van der Waals surface area contributed by atoms with Gasteiger partial charge in [0.05, 0.1) is 43.0 Å². The van der Waals surface area contributed by atoms with E-state index in [0.717, 1.165) is 116 Å². The molecule has 1 unspecified atom stereocenters. The first-order valence-corrected chi connectivity index (χ1v) is 20.7. The number of likely N-dealkylation sites (tertiary alicyclic amines) is 2. The molecular formula is C44H58N8O4. The van der Waals surface area contributed by atoms with Crippen LogP contribution >= 0.6 is 0 Å². The zero-order valence-electron chi connectivity index (χ0n) is 33.6. The number of nitrogens with zero attached hydrogens (tertiary/aromatic N) is 5. The molecule has 3 amide bonds. The highest BCUT2D eigenvalue weighted by Crippen LogP contribution is 2.37. The summed E-state index contributed by atoms with van der Waals surface area (Å²) in [4.78, 5) is 62.2. The Morgan fingerprint density at radius 1 is 0.750 bits per heavy atom. The number of benzene rings is 2. The lowest BCUT2D eigenvalue weighted by atomic mass is 9.84. The zero-order valence-corrected chi connectivity index (χ0v) is 33.6. The fraction of sp³-hybridized carbons (Fsp3) is 0.523. The Kier molecular flexibility index (Phi) is 12.2. The summed E-state index contributed by atoms with van der Waals surface area (Å²) in [6.07, 6.45) is 10.9. The number of carbonyl (C=O) groups is 3. The molecule has 2 aromatic heterocycles. The van der Waals surface area contributed by atoms with E-state index in [4.69, 9.17) is 14.7 Å². The summed E-state index contributed by atoms with van der Waals surface area (Å²) >= 11 is 0. The third-order valence-electron chi connectivity index (χ3n) is 12.4. The zero-order chi connectivity index (χ0) is 39.3. The number of imidazole rings is 2. The molecule has 1 aliphatic carbocycles. The maximum atomic E-state index is 13.8. The fourth-order valence-corrected chi connectivity index (χ4v) is 9.16. The molecule has 3 N–H and O–H groups in total. The third kappa shape index (κ3) is 8.26. The minimum Gasteiger partial charge on any atom is -0.453 e. The molecule has 2 aromatic carbocycles. The molecule has 0 bridgehead atoms. The Morgan fingerprint density at radius 3 is 1.71 bits per heavy atom. The Labute approximate surface area is 330 Å². The second-order valence-corrected chi connectivity index (χ2v) is 16.0. The van der Waals surface area contributed by atoms with Crippen molar-refractivity contribution in [1.82, 2.24) is 40.0 Å². The van der Waals surface area contributed by atoms with Gasteiger partial charge in [0.15, 0.2) is 0 Å². The van der Waals surface area contributed by atoms with Crippen LogP contribution in [0.1, 0.15) is 103 Å². The first-order chi connectivity index (χ1) is 27.2. The summed E-state index contributed by atoms with van der Waals surface area (Å²) in [5.41, 5.74) is 6.10. The summed E-state index contributed by atoms with van der Waals surface area (Å²) in [6, 6.07) is 16.6. The van der Waals surface area contributed by atoms with Crippen LogP contribution in [0.25, 0.3) is 33.6 Å². The molecule has 7 rings (SSSR count). The molecule has 56 heavy (non-hydrogen) atoms. The van der Waals surface area contributed by atoms with E-state index in [1.165, 1.54) is 7.11 Å². The van der Waals surface area contributed by atoms with Gasteiger partial charge in [-0.05, 0) is 92.6 Å². The van der Waals surface area contributed by atoms with Crippen molar-refractivity contribution in [2.45, 2.75) is 103 Å². The van der Waals surface area contributed by atoms with Crippen molar-refractivity contribution in [3.05, 3.63) is 72.6 Å². The maximum Gasteiger partial charge on any atom is 0.407 e. The van der Waals surface area contributed by atoms with Gasteiger partial charge in [-0.25, -0.2) is 14.8 Å². The van der Waals surface area contributed by atoms with Crippen molar-refractivity contribution in [3.63, 3.8) is 0 Å². The van der Waals surface area contributed by atoms with Crippen LogP contribution in [-0.4, -0.2) is 97.9 Å². The molecule has 3 fully saturated rings. The second kappa shape index (κ2) is 17.4. The third-order valence-corrected chi connectivity index (χ3v) is 12.4. The number of amides is 3. The van der Waals surface area contributed by atoms with E-state index < -0.39 is 12.1 Å². The molecule has 2 aliphatic heterocycles. The van der Waals surface area contributed by atoms with Gasteiger partial charge in [-0.3, -0.25) is 9.59 Å². The highest BCUT2D eigenvalue weighted by atomic mass is 16.5. The van der Waals surface area contributed by atoms with E-state index in [-0.39, 0.29) is 29.8 Å². The lowest BCUT2D eigenvalue weighted by Gasteiger charge is -2.37. The van der Waals surface area contributed by atoms with Gasteiger partial charge < -0.3 is 34.7 Å². The van der Waals surface area contributed by atoms with Gasteiger partial charge in [0, 0.05) is 25.0 Å². The van der Waals surface area contributed by atoms with Crippen LogP contribution in [-0.2, 0) is 14.3 Å². The van der Waals surface area contributed by atoms with Gasteiger partial charge in [-0.1, -0.05) is 76.2 Å². The van der Waals surface area contributed by atoms with Crippen LogP contribution < -0.4 is 5.32 Å². The first-order valence-electron chi connectivity index (χ1n) is 20.7. The second-order valence-electron chi connectivity index (χ2n) is 16.0. The van der Waals surface area contributed by atoms with Crippen LogP contribution in [0.15, 0.2) is 60.9 Å². The molecule has 12 heteroatoms. The number of alkyl carbamates (subject to hydrolysis) is 1.